The van der Waals surface area contributed by atoms with E-state index in [-0.39, 0.29) is 18.8 Å². The monoisotopic (exact) mass is 374 g/mol. The van der Waals surface area contributed by atoms with Crippen LogP contribution >= 0.6 is 22.6 Å². The van der Waals surface area contributed by atoms with Gasteiger partial charge in [0.1, 0.15) is 12.2 Å². The van der Waals surface area contributed by atoms with Crippen molar-refractivity contribution in [3.63, 3.8) is 0 Å². The Morgan fingerprint density at radius 1 is 1.16 bits per heavy atom. The first-order valence-electron chi connectivity index (χ1n) is 6.95. The number of hydrogen-bond acceptors (Lipinski definition) is 3. The molecule has 0 unspecified atom stereocenters. The number of aliphatic hydroxyl groups excluding tert-OH is 1. The largest absolute Gasteiger partial charge is 0.394 e. The van der Waals surface area contributed by atoms with E-state index < -0.39 is 5.79 Å². The zero-order chi connectivity index (χ0) is 13.3. The van der Waals surface area contributed by atoms with Crippen LogP contribution < -0.4 is 0 Å². The van der Waals surface area contributed by atoms with E-state index in [1.807, 2.05) is 12.1 Å². The molecule has 19 heavy (non-hydrogen) atoms. The Balaban J connectivity index is 1.87. The van der Waals surface area contributed by atoms with Crippen LogP contribution in [0.3, 0.4) is 0 Å². The number of hydrogen-bond donors (Lipinski definition) is 1. The molecule has 1 heterocycles. The summed E-state index contributed by atoms with van der Waals surface area (Å²) in [5, 5.41) is 9.60. The number of aliphatic hydroxyl groups is 1. The Morgan fingerprint density at radius 2 is 1.89 bits per heavy atom. The molecule has 4 heteroatoms. The molecule has 0 bridgehead atoms. The molecule has 1 saturated heterocycles. The molecule has 1 aliphatic carbocycles. The minimum absolute atomic E-state index is 0.0113. The van der Waals surface area contributed by atoms with Crippen molar-refractivity contribution in [3.05, 3.63) is 33.4 Å². The van der Waals surface area contributed by atoms with Gasteiger partial charge in [-0.3, -0.25) is 0 Å². The molecule has 1 saturated carbocycles. The Morgan fingerprint density at radius 3 is 2.58 bits per heavy atom. The highest BCUT2D eigenvalue weighted by Crippen LogP contribution is 2.46. The van der Waals surface area contributed by atoms with Crippen molar-refractivity contribution >= 4 is 22.6 Å². The predicted molar refractivity (Wildman–Crippen MR) is 80.8 cm³/mol. The van der Waals surface area contributed by atoms with Crippen molar-refractivity contribution in [2.24, 2.45) is 0 Å². The van der Waals surface area contributed by atoms with Crippen molar-refractivity contribution in [1.29, 1.82) is 0 Å². The van der Waals surface area contributed by atoms with E-state index in [2.05, 4.69) is 34.7 Å². The molecular weight excluding hydrogens is 355 g/mol. The summed E-state index contributed by atoms with van der Waals surface area (Å²) in [4.78, 5) is 0. The summed E-state index contributed by atoms with van der Waals surface area (Å²) in [6.45, 7) is 0.0113. The second-order valence-electron chi connectivity index (χ2n) is 5.37. The van der Waals surface area contributed by atoms with E-state index in [4.69, 9.17) is 9.47 Å². The van der Waals surface area contributed by atoms with Crippen molar-refractivity contribution in [2.75, 3.05) is 6.61 Å². The minimum atomic E-state index is -0.449. The molecule has 0 amide bonds. The molecule has 1 aromatic carbocycles. The van der Waals surface area contributed by atoms with Gasteiger partial charge >= 0.3 is 0 Å². The molecule has 0 aromatic heterocycles. The molecule has 2 fully saturated rings. The lowest BCUT2D eigenvalue weighted by molar-refractivity contribution is -0.196. The van der Waals surface area contributed by atoms with Crippen molar-refractivity contribution in [1.82, 2.24) is 0 Å². The van der Waals surface area contributed by atoms with Gasteiger partial charge in [0.2, 0.25) is 0 Å². The smallest absolute Gasteiger partial charge is 0.169 e. The quantitative estimate of drug-likeness (QED) is 0.807. The zero-order valence-corrected chi connectivity index (χ0v) is 13.0. The maximum absolute atomic E-state index is 9.60. The number of halogens is 1. The number of rotatable bonds is 2. The lowest BCUT2D eigenvalue weighted by Crippen LogP contribution is -2.33. The third-order valence-electron chi connectivity index (χ3n) is 4.05. The fourth-order valence-electron chi connectivity index (χ4n) is 3.10. The third kappa shape index (κ3) is 2.68. The van der Waals surface area contributed by atoms with Crippen LogP contribution in [0, 0.1) is 3.57 Å². The first kappa shape index (κ1) is 13.8. The second kappa shape index (κ2) is 5.68. The highest BCUT2D eigenvalue weighted by Gasteiger charge is 2.48. The summed E-state index contributed by atoms with van der Waals surface area (Å²) >= 11 is 2.32. The lowest BCUT2D eigenvalue weighted by Gasteiger charge is -2.32. The highest BCUT2D eigenvalue weighted by atomic mass is 127. The van der Waals surface area contributed by atoms with E-state index in [0.717, 1.165) is 31.2 Å². The van der Waals surface area contributed by atoms with Crippen molar-refractivity contribution < 1.29 is 14.6 Å². The van der Waals surface area contributed by atoms with Gasteiger partial charge in [0.05, 0.1) is 6.61 Å². The maximum Gasteiger partial charge on any atom is 0.169 e. The van der Waals surface area contributed by atoms with Gasteiger partial charge in [-0.05, 0) is 47.1 Å². The topological polar surface area (TPSA) is 38.7 Å². The summed E-state index contributed by atoms with van der Waals surface area (Å²) in [5.74, 6) is -0.449. The number of benzene rings is 1. The molecule has 0 radical (unpaired) electrons. The summed E-state index contributed by atoms with van der Waals surface area (Å²) in [6.07, 6.45) is 5.07. The Labute approximate surface area is 127 Å². The molecule has 104 valence electrons. The standard InChI is InChI=1S/C15H19IO3/c16-12-7-3-2-6-11(12)14-13(10-17)18-15(19-14)8-4-1-5-9-15/h2-3,6-7,13-14,17H,1,4-5,8-10H2/t13-,14-/m0/s1. The van der Waals surface area contributed by atoms with E-state index >= 15 is 0 Å². The van der Waals surface area contributed by atoms with E-state index in [1.165, 1.54) is 9.99 Å². The first-order valence-corrected chi connectivity index (χ1v) is 8.03. The van der Waals surface area contributed by atoms with Crippen LogP contribution in [-0.4, -0.2) is 23.6 Å². The average Bonchev–Trinajstić information content (AvgIpc) is 2.78. The van der Waals surface area contributed by atoms with Crippen LogP contribution in [0.15, 0.2) is 24.3 Å². The van der Waals surface area contributed by atoms with Gasteiger partial charge in [0, 0.05) is 16.4 Å². The van der Waals surface area contributed by atoms with E-state index in [9.17, 15) is 5.11 Å². The van der Waals surface area contributed by atoms with Gasteiger partial charge in [-0.1, -0.05) is 24.6 Å². The third-order valence-corrected chi connectivity index (χ3v) is 5.04. The predicted octanol–water partition coefficient (Wildman–Crippen LogP) is 3.40. The normalized spacial score (nSPS) is 29.8. The van der Waals surface area contributed by atoms with Gasteiger partial charge < -0.3 is 14.6 Å². The van der Waals surface area contributed by atoms with E-state index in [1.54, 1.807) is 0 Å². The fraction of sp³-hybridized carbons (Fsp3) is 0.600. The minimum Gasteiger partial charge on any atom is -0.394 e. The molecule has 1 aliphatic heterocycles. The summed E-state index contributed by atoms with van der Waals surface area (Å²) in [7, 11) is 0. The van der Waals surface area contributed by atoms with Crippen molar-refractivity contribution in [2.45, 2.75) is 50.1 Å². The molecule has 2 atom stereocenters. The van der Waals surface area contributed by atoms with Gasteiger partial charge in [0.15, 0.2) is 5.79 Å². The van der Waals surface area contributed by atoms with Gasteiger partial charge in [-0.25, -0.2) is 0 Å². The first-order chi connectivity index (χ1) is 9.24. The SMILES string of the molecule is OC[C@@H]1OC2(CCCCC2)O[C@H]1c1ccccc1I. The molecule has 3 nitrogen and oxygen atoms in total. The highest BCUT2D eigenvalue weighted by molar-refractivity contribution is 14.1. The van der Waals surface area contributed by atoms with Gasteiger partial charge in [-0.2, -0.15) is 0 Å². The van der Waals surface area contributed by atoms with Crippen LogP contribution in [-0.2, 0) is 9.47 Å². The van der Waals surface area contributed by atoms with Crippen molar-refractivity contribution in [3.8, 4) is 0 Å². The Hall–Kier alpha value is -0.170. The Bertz CT molecular complexity index is 443. The van der Waals surface area contributed by atoms with Crippen LogP contribution in [0.2, 0.25) is 0 Å². The van der Waals surface area contributed by atoms with Crippen LogP contribution in [0.5, 0.6) is 0 Å². The van der Waals surface area contributed by atoms with Crippen LogP contribution in [0.25, 0.3) is 0 Å². The zero-order valence-electron chi connectivity index (χ0n) is 10.8. The molecule has 1 spiro atoms. The van der Waals surface area contributed by atoms with Crippen LogP contribution in [0.4, 0.5) is 0 Å². The summed E-state index contributed by atoms with van der Waals surface area (Å²) in [6, 6.07) is 8.17. The Kier molecular flexibility index (Phi) is 4.12. The molecule has 3 rings (SSSR count). The summed E-state index contributed by atoms with van der Waals surface area (Å²) in [5.41, 5.74) is 1.13. The molecule has 2 aliphatic rings. The van der Waals surface area contributed by atoms with Gasteiger partial charge in [-0.15, -0.1) is 0 Å². The van der Waals surface area contributed by atoms with Crippen LogP contribution in [0.1, 0.15) is 43.8 Å². The number of ether oxygens (including phenoxy) is 2. The summed E-state index contributed by atoms with van der Waals surface area (Å²) < 4.78 is 13.5. The molecular formula is C15H19IO3. The lowest BCUT2D eigenvalue weighted by atomic mass is 9.94. The second-order valence-corrected chi connectivity index (χ2v) is 6.53. The average molecular weight is 374 g/mol. The van der Waals surface area contributed by atoms with Gasteiger partial charge in [0.25, 0.3) is 0 Å². The molecule has 1 N–H and O–H groups in total. The van der Waals surface area contributed by atoms with E-state index in [0.29, 0.717) is 0 Å². The maximum atomic E-state index is 9.60. The molecule has 1 aromatic rings. The fourth-order valence-corrected chi connectivity index (χ4v) is 3.80.